The quantitative estimate of drug-likeness (QED) is 0.759. The third-order valence-electron chi connectivity index (χ3n) is 4.94. The molecule has 3 rings (SSSR count). The van der Waals surface area contributed by atoms with Crippen molar-refractivity contribution in [2.45, 2.75) is 31.7 Å². The predicted octanol–water partition coefficient (Wildman–Crippen LogP) is 1.46. The largest absolute Gasteiger partial charge is 0.353 e. The standard InChI is InChI=1S/C21H25N5O/c1-3-18-8-9-20(25-24-18)26-11-10-19(14-26)23-21(27)12-16-4-6-17(7-5-16)15(2)13-22/h1,4-9,15,19H,10-14,22H2,2H3,(H,23,27)/t15?,19-/m0/s1. The first-order chi connectivity index (χ1) is 13.1. The van der Waals surface area contributed by atoms with E-state index in [1.165, 1.54) is 5.56 Å². The summed E-state index contributed by atoms with van der Waals surface area (Å²) in [6.45, 7) is 4.27. The fraction of sp³-hybridized carbons (Fsp3) is 0.381. The summed E-state index contributed by atoms with van der Waals surface area (Å²) in [7, 11) is 0. The maximum Gasteiger partial charge on any atom is 0.224 e. The summed E-state index contributed by atoms with van der Waals surface area (Å²) in [5.41, 5.74) is 8.42. The van der Waals surface area contributed by atoms with Crippen LogP contribution in [0.15, 0.2) is 36.4 Å². The number of rotatable bonds is 6. The molecule has 0 bridgehead atoms. The molecule has 1 aromatic heterocycles. The van der Waals surface area contributed by atoms with E-state index in [1.54, 1.807) is 6.07 Å². The van der Waals surface area contributed by atoms with Crippen LogP contribution in [0, 0.1) is 12.3 Å². The average Bonchev–Trinajstić information content (AvgIpc) is 3.16. The van der Waals surface area contributed by atoms with Gasteiger partial charge in [-0.15, -0.1) is 16.6 Å². The molecule has 6 nitrogen and oxygen atoms in total. The highest BCUT2D eigenvalue weighted by Crippen LogP contribution is 2.18. The third kappa shape index (κ3) is 4.83. The van der Waals surface area contributed by atoms with E-state index in [-0.39, 0.29) is 11.9 Å². The van der Waals surface area contributed by atoms with Gasteiger partial charge in [0.2, 0.25) is 5.91 Å². The normalized spacial score (nSPS) is 17.4. The van der Waals surface area contributed by atoms with Crippen molar-refractivity contribution in [2.75, 3.05) is 24.5 Å². The number of nitrogens with two attached hydrogens (primary N) is 1. The SMILES string of the molecule is C#Cc1ccc(N2CC[C@H](NC(=O)Cc3ccc(C(C)CN)cc3)C2)nn1. The van der Waals surface area contributed by atoms with Crippen molar-refractivity contribution in [2.24, 2.45) is 5.73 Å². The summed E-state index contributed by atoms with van der Waals surface area (Å²) in [6, 6.07) is 11.9. The van der Waals surface area contributed by atoms with Crippen molar-refractivity contribution in [1.82, 2.24) is 15.5 Å². The molecule has 1 fully saturated rings. The van der Waals surface area contributed by atoms with Crippen molar-refractivity contribution in [3.63, 3.8) is 0 Å². The molecule has 6 heteroatoms. The second-order valence-corrected chi connectivity index (χ2v) is 6.98. The van der Waals surface area contributed by atoms with Gasteiger partial charge in [0.25, 0.3) is 0 Å². The van der Waals surface area contributed by atoms with Crippen molar-refractivity contribution >= 4 is 11.7 Å². The van der Waals surface area contributed by atoms with E-state index in [0.717, 1.165) is 30.9 Å². The van der Waals surface area contributed by atoms with Gasteiger partial charge in [0.15, 0.2) is 5.82 Å². The van der Waals surface area contributed by atoms with Crippen LogP contribution in [0.4, 0.5) is 5.82 Å². The highest BCUT2D eigenvalue weighted by Gasteiger charge is 2.25. The summed E-state index contributed by atoms with van der Waals surface area (Å²) in [6.07, 6.45) is 6.57. The Hall–Kier alpha value is -2.91. The average molecular weight is 363 g/mol. The number of benzene rings is 1. The van der Waals surface area contributed by atoms with E-state index in [9.17, 15) is 4.79 Å². The molecule has 1 aliphatic heterocycles. The van der Waals surface area contributed by atoms with E-state index in [4.69, 9.17) is 12.2 Å². The molecule has 0 aliphatic carbocycles. The van der Waals surface area contributed by atoms with Crippen molar-refractivity contribution in [1.29, 1.82) is 0 Å². The molecule has 1 aliphatic rings. The zero-order valence-electron chi connectivity index (χ0n) is 15.6. The third-order valence-corrected chi connectivity index (χ3v) is 4.94. The van der Waals surface area contributed by atoms with Crippen LogP contribution in [0.1, 0.15) is 36.1 Å². The van der Waals surface area contributed by atoms with E-state index in [0.29, 0.717) is 24.6 Å². The van der Waals surface area contributed by atoms with Gasteiger partial charge in [0.05, 0.1) is 6.42 Å². The van der Waals surface area contributed by atoms with Crippen LogP contribution < -0.4 is 16.0 Å². The second-order valence-electron chi connectivity index (χ2n) is 6.98. The van der Waals surface area contributed by atoms with Gasteiger partial charge in [0, 0.05) is 19.1 Å². The van der Waals surface area contributed by atoms with Crippen LogP contribution in [0.2, 0.25) is 0 Å². The fourth-order valence-corrected chi connectivity index (χ4v) is 3.22. The van der Waals surface area contributed by atoms with Crippen molar-refractivity contribution < 1.29 is 4.79 Å². The topological polar surface area (TPSA) is 84.1 Å². The highest BCUT2D eigenvalue weighted by atomic mass is 16.1. The summed E-state index contributed by atoms with van der Waals surface area (Å²) in [5.74, 6) is 3.61. The number of hydrogen-bond donors (Lipinski definition) is 2. The van der Waals surface area contributed by atoms with Gasteiger partial charge >= 0.3 is 0 Å². The van der Waals surface area contributed by atoms with Gasteiger partial charge in [-0.3, -0.25) is 4.79 Å². The predicted molar refractivity (Wildman–Crippen MR) is 106 cm³/mol. The molecule has 1 aromatic carbocycles. The molecule has 0 saturated carbocycles. The number of carbonyl (C=O) groups is 1. The second kappa shape index (κ2) is 8.65. The molecule has 3 N–H and O–H groups in total. The number of terminal acetylenes is 1. The zero-order chi connectivity index (χ0) is 19.2. The number of hydrogen-bond acceptors (Lipinski definition) is 5. The van der Waals surface area contributed by atoms with Crippen molar-refractivity contribution in [3.05, 3.63) is 53.2 Å². The number of nitrogens with zero attached hydrogens (tertiary/aromatic N) is 3. The molecule has 2 atom stereocenters. The molecule has 27 heavy (non-hydrogen) atoms. The monoisotopic (exact) mass is 363 g/mol. The number of nitrogens with one attached hydrogen (secondary N) is 1. The molecule has 140 valence electrons. The minimum atomic E-state index is 0.0373. The Kier molecular flexibility index (Phi) is 6.05. The first kappa shape index (κ1) is 18.9. The Balaban J connectivity index is 1.50. The summed E-state index contributed by atoms with van der Waals surface area (Å²) >= 11 is 0. The Morgan fingerprint density at radius 2 is 2.11 bits per heavy atom. The van der Waals surface area contributed by atoms with Crippen LogP contribution in [-0.2, 0) is 11.2 Å². The highest BCUT2D eigenvalue weighted by molar-refractivity contribution is 5.79. The number of anilines is 1. The van der Waals surface area contributed by atoms with Gasteiger partial charge in [-0.1, -0.05) is 31.2 Å². The van der Waals surface area contributed by atoms with Crippen molar-refractivity contribution in [3.8, 4) is 12.3 Å². The summed E-state index contributed by atoms with van der Waals surface area (Å²) in [5, 5.41) is 11.3. The minimum Gasteiger partial charge on any atom is -0.353 e. The van der Waals surface area contributed by atoms with E-state index in [2.05, 4.69) is 45.4 Å². The van der Waals surface area contributed by atoms with Gasteiger partial charge in [0.1, 0.15) is 5.69 Å². The smallest absolute Gasteiger partial charge is 0.224 e. The van der Waals surface area contributed by atoms with E-state index >= 15 is 0 Å². The molecule has 1 saturated heterocycles. The fourth-order valence-electron chi connectivity index (χ4n) is 3.22. The zero-order valence-corrected chi connectivity index (χ0v) is 15.6. The van der Waals surface area contributed by atoms with Gasteiger partial charge in [-0.05, 0) is 48.1 Å². The Bertz CT molecular complexity index is 810. The van der Waals surface area contributed by atoms with Gasteiger partial charge in [-0.2, -0.15) is 0 Å². The number of aromatic nitrogens is 2. The number of carbonyl (C=O) groups excluding carboxylic acids is 1. The van der Waals surface area contributed by atoms with Gasteiger partial charge < -0.3 is 16.0 Å². The van der Waals surface area contributed by atoms with E-state index < -0.39 is 0 Å². The maximum absolute atomic E-state index is 12.4. The van der Waals surface area contributed by atoms with Gasteiger partial charge in [-0.25, -0.2) is 0 Å². The van der Waals surface area contributed by atoms with Crippen LogP contribution in [0.3, 0.4) is 0 Å². The first-order valence-corrected chi connectivity index (χ1v) is 9.22. The summed E-state index contributed by atoms with van der Waals surface area (Å²) in [4.78, 5) is 14.5. The molecular weight excluding hydrogens is 338 g/mol. The molecular formula is C21H25N5O. The molecule has 2 heterocycles. The Morgan fingerprint density at radius 3 is 2.74 bits per heavy atom. The number of amides is 1. The minimum absolute atomic E-state index is 0.0373. The van der Waals surface area contributed by atoms with E-state index in [1.807, 2.05) is 18.2 Å². The lowest BCUT2D eigenvalue weighted by Crippen LogP contribution is -2.38. The van der Waals surface area contributed by atoms with Crippen LogP contribution in [0.25, 0.3) is 0 Å². The lowest BCUT2D eigenvalue weighted by atomic mass is 9.99. The molecule has 0 spiro atoms. The first-order valence-electron chi connectivity index (χ1n) is 9.22. The molecule has 1 amide bonds. The molecule has 0 radical (unpaired) electrons. The van der Waals surface area contributed by atoms with Crippen LogP contribution in [0.5, 0.6) is 0 Å². The lowest BCUT2D eigenvalue weighted by molar-refractivity contribution is -0.121. The Morgan fingerprint density at radius 1 is 1.33 bits per heavy atom. The van der Waals surface area contributed by atoms with Crippen LogP contribution >= 0.6 is 0 Å². The summed E-state index contributed by atoms with van der Waals surface area (Å²) < 4.78 is 0. The van der Waals surface area contributed by atoms with Crippen LogP contribution in [-0.4, -0.2) is 41.8 Å². The Labute approximate surface area is 160 Å². The maximum atomic E-state index is 12.4. The molecule has 1 unspecified atom stereocenters. The molecule has 2 aromatic rings. The lowest BCUT2D eigenvalue weighted by Gasteiger charge is -2.17.